The van der Waals surface area contributed by atoms with E-state index in [2.05, 4.69) is 28.8 Å². The van der Waals surface area contributed by atoms with Crippen molar-refractivity contribution in [3.05, 3.63) is 87.7 Å². The molecule has 0 saturated carbocycles. The number of H-pyrrole nitrogens is 2. The molecule has 84 heavy (non-hydrogen) atoms. The zero-order valence-electron chi connectivity index (χ0n) is 48.3. The fourth-order valence-electron chi connectivity index (χ4n) is 9.58. The third-order valence-corrected chi connectivity index (χ3v) is 21.1. The molecule has 3 aliphatic heterocycles. The normalized spacial score (nSPS) is 23.9. The van der Waals surface area contributed by atoms with Gasteiger partial charge in [-0.3, -0.25) is 55.9 Å². The third-order valence-electron chi connectivity index (χ3n) is 14.3. The van der Waals surface area contributed by atoms with Crippen LogP contribution in [0.4, 0.5) is 14.6 Å². The summed E-state index contributed by atoms with van der Waals surface area (Å²) in [6, 6.07) is 0. The standard InChI is InChI=1S/C52H84F2N7O19P3S/c1-5-7-9-11-13-15-17-19-21-23-25-71-81(68,73-33-42-38(53)27-43(76-42)59-29-36(3)48(63)57-51(59)66)79-83(70,78-40-28-44(75-41(40)32-62)60-30-37(4)49(64)58-52(60)67)80-82(69,72-26-24-22-20-18-16-14-12-10-8-6-2)74-34-46-77-45(35-84-46)61-31-39(54)47(55)56-50(61)65/h29-31,38,40-46,62H,5-28,32-35H2,1-4H3,(H2,55,56,65)(H,57,63,66)(H,58,64,67)/t38-,40-,41+,42+,43+,44+,45-,46+,81?,82?,83?/m0/s1. The number of aliphatic hydroxyl groups excluding tert-OH is 1. The Kier molecular flexibility index (Phi) is 28.4. The van der Waals surface area contributed by atoms with Gasteiger partial charge in [0.25, 0.3) is 11.1 Å². The van der Waals surface area contributed by atoms with Crippen molar-refractivity contribution in [2.45, 2.75) is 218 Å². The summed E-state index contributed by atoms with van der Waals surface area (Å²) in [5.41, 5.74) is 0.553. The van der Waals surface area contributed by atoms with Crippen LogP contribution in [-0.2, 0) is 59.1 Å². The average molecular weight is 1270 g/mol. The maximum Gasteiger partial charge on any atom is 0.493 e. The van der Waals surface area contributed by atoms with Crippen molar-refractivity contribution in [1.29, 1.82) is 0 Å². The molecule has 3 unspecified atom stereocenters. The second-order valence-corrected chi connectivity index (χ2v) is 27.6. The minimum atomic E-state index is -5.90. The number of ether oxygens (including phenoxy) is 3. The number of phosphoric acid groups is 3. The highest BCUT2D eigenvalue weighted by molar-refractivity contribution is 8.00. The van der Waals surface area contributed by atoms with Gasteiger partial charge in [0, 0.05) is 42.1 Å². The second kappa shape index (κ2) is 34.3. The van der Waals surface area contributed by atoms with Gasteiger partial charge < -0.3 is 25.1 Å². The van der Waals surface area contributed by atoms with Crippen LogP contribution in [0.5, 0.6) is 0 Å². The smallest absolute Gasteiger partial charge is 0.394 e. The first-order chi connectivity index (χ1) is 40.2. The number of phosphoric ester groups is 2. The molecule has 3 aromatic heterocycles. The lowest BCUT2D eigenvalue weighted by atomic mass is 10.1. The number of nitrogens with two attached hydrogens (primary N) is 1. The monoisotopic (exact) mass is 1270 g/mol. The number of nitrogen functional groups attached to an aromatic ring is 1. The number of hydrogen-bond acceptors (Lipinski definition) is 22. The van der Waals surface area contributed by atoms with E-state index in [1.165, 1.54) is 32.7 Å². The maximum atomic E-state index is 15.9. The van der Waals surface area contributed by atoms with Crippen molar-refractivity contribution in [2.24, 2.45) is 0 Å². The first kappa shape index (κ1) is 69.6. The Bertz CT molecular complexity index is 3010. The Morgan fingerprint density at radius 2 is 1.10 bits per heavy atom. The van der Waals surface area contributed by atoms with Gasteiger partial charge in [-0.25, -0.2) is 36.9 Å². The summed E-state index contributed by atoms with van der Waals surface area (Å²) >= 11 is 1.04. The number of aromatic amines is 2. The second-order valence-electron chi connectivity index (χ2n) is 21.2. The van der Waals surface area contributed by atoms with Gasteiger partial charge in [-0.05, 0) is 26.7 Å². The number of anilines is 1. The van der Waals surface area contributed by atoms with Crippen LogP contribution in [0.1, 0.15) is 185 Å². The van der Waals surface area contributed by atoms with Crippen molar-refractivity contribution >= 4 is 41.0 Å². The topological polar surface area (TPSA) is 334 Å². The van der Waals surface area contributed by atoms with Gasteiger partial charge in [-0.1, -0.05) is 129 Å². The molecule has 0 aromatic carbocycles. The predicted molar refractivity (Wildman–Crippen MR) is 308 cm³/mol. The molecule has 6 heterocycles. The number of nitrogens with one attached hydrogen (secondary N) is 2. The molecule has 0 spiro atoms. The molecule has 476 valence electrons. The van der Waals surface area contributed by atoms with Crippen molar-refractivity contribution in [2.75, 3.05) is 44.5 Å². The van der Waals surface area contributed by atoms with Gasteiger partial charge in [0.15, 0.2) is 11.6 Å². The number of thioether (sulfide) groups is 1. The number of hydrogen-bond donors (Lipinski definition) is 4. The lowest BCUT2D eigenvalue weighted by Crippen LogP contribution is -2.33. The van der Waals surface area contributed by atoms with Crippen LogP contribution in [-0.4, -0.2) is 102 Å². The number of aliphatic hydroxyl groups is 1. The molecule has 6 rings (SSSR count). The molecule has 26 nitrogen and oxygen atoms in total. The zero-order valence-corrected chi connectivity index (χ0v) is 51.8. The Morgan fingerprint density at radius 3 is 1.60 bits per heavy atom. The maximum absolute atomic E-state index is 15.9. The van der Waals surface area contributed by atoms with E-state index in [0.717, 1.165) is 128 Å². The zero-order chi connectivity index (χ0) is 60.9. The highest BCUT2D eigenvalue weighted by atomic mass is 32.2. The van der Waals surface area contributed by atoms with Crippen LogP contribution in [0.2, 0.25) is 0 Å². The molecule has 0 bridgehead atoms. The van der Waals surface area contributed by atoms with Crippen LogP contribution in [0.25, 0.3) is 0 Å². The van der Waals surface area contributed by atoms with Crippen molar-refractivity contribution < 1.29 is 73.0 Å². The number of unbranched alkanes of at least 4 members (excludes halogenated alkanes) is 18. The Balaban J connectivity index is 1.29. The van der Waals surface area contributed by atoms with Gasteiger partial charge in [0.1, 0.15) is 48.6 Å². The van der Waals surface area contributed by atoms with E-state index in [1.807, 2.05) is 0 Å². The van der Waals surface area contributed by atoms with Gasteiger partial charge in [-0.2, -0.15) is 13.6 Å². The van der Waals surface area contributed by atoms with E-state index < -0.39 is 145 Å². The first-order valence-electron chi connectivity index (χ1n) is 29.2. The largest absolute Gasteiger partial charge is 0.493 e. The fourth-order valence-corrected chi connectivity index (χ4v) is 16.1. The predicted octanol–water partition coefficient (Wildman–Crippen LogP) is 9.83. The van der Waals surface area contributed by atoms with Gasteiger partial charge >= 0.3 is 40.5 Å². The number of aromatic nitrogens is 6. The summed E-state index contributed by atoms with van der Waals surface area (Å²) in [7, 11) is -16.7. The number of nitrogens with zero attached hydrogens (tertiary/aromatic N) is 4. The minimum absolute atomic E-state index is 0.0287. The molecule has 0 radical (unpaired) electrons. The van der Waals surface area contributed by atoms with E-state index >= 15 is 18.1 Å². The number of aryl methyl sites for hydroxylation is 2. The first-order valence-corrected chi connectivity index (χ1v) is 34.6. The molecule has 32 heteroatoms. The average Bonchev–Trinajstić information content (AvgIpc) is 3.33. The van der Waals surface area contributed by atoms with Crippen molar-refractivity contribution in [3.8, 4) is 0 Å². The summed E-state index contributed by atoms with van der Waals surface area (Å²) in [5.74, 6) is -1.59. The molecule has 3 aromatic rings. The van der Waals surface area contributed by atoms with Crippen molar-refractivity contribution in [1.82, 2.24) is 28.7 Å². The SMILES string of the molecule is CCCCCCCCCCCCOP(=O)(OC[C@@H]1O[C@H](n2cc(F)c(N)nc2=O)CS1)OP(=O)(O[C@H]1C[C@H](n2cc(C)c(=O)[nH]c2=O)O[C@@H]1CO)OP(=O)(OCCCCCCCCCCCC)OC[C@H]1O[C@@H](n2cc(C)c(=O)[nH]c2=O)C[C@@H]1F. The number of rotatable bonds is 40. The molecular weight excluding hydrogens is 1190 g/mol. The van der Waals surface area contributed by atoms with E-state index in [1.54, 1.807) is 0 Å². The highest BCUT2D eigenvalue weighted by Crippen LogP contribution is 2.74. The van der Waals surface area contributed by atoms with Crippen LogP contribution in [0, 0.1) is 19.7 Å². The van der Waals surface area contributed by atoms with Gasteiger partial charge in [-0.15, -0.1) is 11.8 Å². The Labute approximate surface area is 490 Å². The summed E-state index contributed by atoms with van der Waals surface area (Å²) in [5, 5.41) is 10.6. The Hall–Kier alpha value is -3.50. The summed E-state index contributed by atoms with van der Waals surface area (Å²) < 4.78 is 138. The van der Waals surface area contributed by atoms with Crippen LogP contribution in [0.15, 0.2) is 42.6 Å². The van der Waals surface area contributed by atoms with Crippen LogP contribution >= 0.6 is 35.2 Å². The van der Waals surface area contributed by atoms with Crippen LogP contribution in [0.3, 0.4) is 0 Å². The van der Waals surface area contributed by atoms with Gasteiger partial charge in [0.05, 0.1) is 39.2 Å². The molecule has 11 atom stereocenters. The molecule has 0 amide bonds. The molecule has 3 saturated heterocycles. The van der Waals surface area contributed by atoms with Crippen molar-refractivity contribution in [3.63, 3.8) is 0 Å². The quantitative estimate of drug-likeness (QED) is 0.0304. The summed E-state index contributed by atoms with van der Waals surface area (Å²) in [6.07, 6.45) is 10.4. The summed E-state index contributed by atoms with van der Waals surface area (Å²) in [4.78, 5) is 70.8. The molecule has 3 fully saturated rings. The van der Waals surface area contributed by atoms with E-state index in [0.29, 0.717) is 12.8 Å². The van der Waals surface area contributed by atoms with E-state index in [4.69, 9.17) is 51.2 Å². The lowest BCUT2D eigenvalue weighted by molar-refractivity contribution is -0.0471. The van der Waals surface area contributed by atoms with E-state index in [9.17, 15) is 33.5 Å². The lowest BCUT2D eigenvalue weighted by Gasteiger charge is -2.29. The molecule has 0 aliphatic carbocycles. The fraction of sp³-hybridized carbons (Fsp3) is 0.769. The number of alkyl halides is 1. The van der Waals surface area contributed by atoms with Gasteiger partial charge in [0.2, 0.25) is 0 Å². The van der Waals surface area contributed by atoms with Crippen LogP contribution < -0.4 is 33.9 Å². The Morgan fingerprint density at radius 1 is 0.631 bits per heavy atom. The molecule has 3 aliphatic rings. The highest BCUT2D eigenvalue weighted by Gasteiger charge is 2.53. The molecular formula is C52H84F2N7O19P3S. The summed E-state index contributed by atoms with van der Waals surface area (Å²) in [6.45, 7) is 3.96. The molecule has 5 N–H and O–H groups in total. The third kappa shape index (κ3) is 21.4. The number of halogens is 2. The minimum Gasteiger partial charge on any atom is -0.394 e. The van der Waals surface area contributed by atoms with E-state index in [-0.39, 0.29) is 42.9 Å².